The zero-order valence-electron chi connectivity index (χ0n) is 7.49. The highest BCUT2D eigenvalue weighted by atomic mass is 19.1. The van der Waals surface area contributed by atoms with Crippen LogP contribution in [0.5, 0.6) is 0 Å². The Hall–Kier alpha value is -2.35. The standard InChI is InChI=1S/C10H5FN2O2/c1-2-8-10(14)12-7-5-6(11)3-4-9(7)13(8)15/h1,3-5H,(H-,12,14,15)/p+1. The molecule has 0 atom stereocenters. The first kappa shape index (κ1) is 9.21. The van der Waals surface area contributed by atoms with Crippen LogP contribution in [-0.4, -0.2) is 10.2 Å². The number of nitrogens with one attached hydrogen (secondary N) is 1. The molecule has 15 heavy (non-hydrogen) atoms. The Morgan fingerprint density at radius 1 is 1.53 bits per heavy atom. The van der Waals surface area contributed by atoms with Gasteiger partial charge in [0.25, 0.3) is 5.52 Å². The van der Waals surface area contributed by atoms with Gasteiger partial charge in [0, 0.05) is 22.8 Å². The average Bonchev–Trinajstić information content (AvgIpc) is 2.17. The molecule has 4 nitrogen and oxygen atoms in total. The second-order valence-electron chi connectivity index (χ2n) is 2.92. The number of benzene rings is 1. The SMILES string of the molecule is C#Cc1c(=O)[nH]c2cc(F)ccc2[n+]1O. The Kier molecular flexibility index (Phi) is 1.90. The number of hydrogen-bond donors (Lipinski definition) is 2. The van der Waals surface area contributed by atoms with E-state index in [1.807, 2.05) is 5.92 Å². The van der Waals surface area contributed by atoms with E-state index < -0.39 is 11.4 Å². The molecule has 0 aliphatic carbocycles. The van der Waals surface area contributed by atoms with Crippen molar-refractivity contribution in [2.24, 2.45) is 0 Å². The lowest BCUT2D eigenvalue weighted by molar-refractivity contribution is -0.886. The molecule has 0 amide bonds. The molecule has 0 aliphatic heterocycles. The third kappa shape index (κ3) is 1.32. The summed E-state index contributed by atoms with van der Waals surface area (Å²) < 4.78 is 13.4. The molecule has 1 aromatic carbocycles. The summed E-state index contributed by atoms with van der Waals surface area (Å²) in [6.45, 7) is 0. The zero-order valence-corrected chi connectivity index (χ0v) is 7.49. The molecular formula is C10H6FN2O2+. The van der Waals surface area contributed by atoms with E-state index in [0.29, 0.717) is 4.73 Å². The van der Waals surface area contributed by atoms with E-state index in [1.54, 1.807) is 0 Å². The minimum atomic E-state index is -0.641. The predicted octanol–water partition coefficient (Wildman–Crippen LogP) is 0.173. The third-order valence-electron chi connectivity index (χ3n) is 2.00. The van der Waals surface area contributed by atoms with Crippen LogP contribution >= 0.6 is 0 Å². The van der Waals surface area contributed by atoms with Gasteiger partial charge in [0.2, 0.25) is 0 Å². The van der Waals surface area contributed by atoms with Crippen LogP contribution in [-0.2, 0) is 0 Å². The Balaban J connectivity index is 2.99. The molecule has 0 bridgehead atoms. The van der Waals surface area contributed by atoms with Gasteiger partial charge in [-0.2, -0.15) is 0 Å². The summed E-state index contributed by atoms with van der Waals surface area (Å²) in [5.74, 6) is 1.54. The summed E-state index contributed by atoms with van der Waals surface area (Å²) in [6, 6.07) is 3.58. The van der Waals surface area contributed by atoms with E-state index in [0.717, 1.165) is 12.1 Å². The molecule has 5 heteroatoms. The number of H-pyrrole nitrogens is 1. The van der Waals surface area contributed by atoms with E-state index in [1.165, 1.54) is 6.07 Å². The van der Waals surface area contributed by atoms with E-state index >= 15 is 0 Å². The molecule has 0 spiro atoms. The molecule has 0 saturated heterocycles. The van der Waals surface area contributed by atoms with Crippen molar-refractivity contribution in [3.8, 4) is 12.3 Å². The minimum Gasteiger partial charge on any atom is -0.310 e. The zero-order chi connectivity index (χ0) is 11.0. The van der Waals surface area contributed by atoms with Gasteiger partial charge in [-0.3, -0.25) is 10.0 Å². The summed E-state index contributed by atoms with van der Waals surface area (Å²) in [5.41, 5.74) is -0.447. The van der Waals surface area contributed by atoms with Gasteiger partial charge in [0.15, 0.2) is 0 Å². The average molecular weight is 205 g/mol. The smallest absolute Gasteiger partial charge is 0.310 e. The van der Waals surface area contributed by atoms with Crippen molar-refractivity contribution in [1.29, 1.82) is 0 Å². The van der Waals surface area contributed by atoms with E-state index in [2.05, 4.69) is 4.98 Å². The molecule has 0 saturated carbocycles. The second-order valence-corrected chi connectivity index (χ2v) is 2.92. The fraction of sp³-hybridized carbons (Fsp3) is 0. The van der Waals surface area contributed by atoms with Crippen molar-refractivity contribution in [2.75, 3.05) is 0 Å². The summed E-state index contributed by atoms with van der Waals surface area (Å²) in [7, 11) is 0. The molecule has 0 unspecified atom stereocenters. The van der Waals surface area contributed by atoms with Gasteiger partial charge in [0.05, 0.1) is 0 Å². The van der Waals surface area contributed by atoms with Crippen LogP contribution in [0.15, 0.2) is 23.0 Å². The van der Waals surface area contributed by atoms with Crippen LogP contribution < -0.4 is 10.3 Å². The number of terminal acetylenes is 1. The highest BCUT2D eigenvalue weighted by Gasteiger charge is 2.18. The molecule has 0 aliphatic rings. The Bertz CT molecular complexity index is 640. The lowest BCUT2D eigenvalue weighted by Crippen LogP contribution is -2.41. The van der Waals surface area contributed by atoms with Crippen LogP contribution in [0, 0.1) is 18.2 Å². The summed E-state index contributed by atoms with van der Waals surface area (Å²) in [4.78, 5) is 13.7. The van der Waals surface area contributed by atoms with Crippen LogP contribution in [0.25, 0.3) is 11.0 Å². The van der Waals surface area contributed by atoms with Gasteiger partial charge in [-0.25, -0.2) is 4.39 Å². The second kappa shape index (κ2) is 3.10. The van der Waals surface area contributed by atoms with Crippen LogP contribution in [0.3, 0.4) is 0 Å². The topological polar surface area (TPSA) is 57.0 Å². The normalized spacial score (nSPS) is 10.1. The number of aromatic nitrogens is 2. The maximum atomic E-state index is 12.8. The lowest BCUT2D eigenvalue weighted by atomic mass is 10.3. The van der Waals surface area contributed by atoms with Gasteiger partial charge in [-0.15, -0.1) is 6.42 Å². The predicted molar refractivity (Wildman–Crippen MR) is 49.8 cm³/mol. The molecule has 74 valence electrons. The van der Waals surface area contributed by atoms with Crippen molar-refractivity contribution in [2.45, 2.75) is 0 Å². The lowest BCUT2D eigenvalue weighted by Gasteiger charge is -1.95. The molecule has 2 N–H and O–H groups in total. The van der Waals surface area contributed by atoms with Gasteiger partial charge >= 0.3 is 11.3 Å². The Labute approximate surface area is 83.6 Å². The number of rotatable bonds is 0. The number of nitrogens with zero attached hydrogens (tertiary/aromatic N) is 1. The maximum Gasteiger partial charge on any atom is 0.372 e. The Morgan fingerprint density at radius 3 is 2.93 bits per heavy atom. The highest BCUT2D eigenvalue weighted by molar-refractivity contribution is 5.70. The fourth-order valence-corrected chi connectivity index (χ4v) is 1.32. The van der Waals surface area contributed by atoms with Crippen molar-refractivity contribution in [1.82, 2.24) is 4.98 Å². The maximum absolute atomic E-state index is 12.8. The number of aromatic amines is 1. The third-order valence-corrected chi connectivity index (χ3v) is 2.00. The highest BCUT2D eigenvalue weighted by Crippen LogP contribution is 2.07. The van der Waals surface area contributed by atoms with Crippen molar-refractivity contribution in [3.63, 3.8) is 0 Å². The monoisotopic (exact) mass is 205 g/mol. The number of halogens is 1. The van der Waals surface area contributed by atoms with Crippen LogP contribution in [0.2, 0.25) is 0 Å². The fourth-order valence-electron chi connectivity index (χ4n) is 1.32. The Morgan fingerprint density at radius 2 is 2.27 bits per heavy atom. The van der Waals surface area contributed by atoms with Crippen molar-refractivity contribution >= 4 is 11.0 Å². The summed E-state index contributed by atoms with van der Waals surface area (Å²) in [6.07, 6.45) is 5.05. The molecule has 1 heterocycles. The number of fused-ring (bicyclic) bond motifs is 1. The van der Waals surface area contributed by atoms with Gasteiger partial charge in [0.1, 0.15) is 11.3 Å². The van der Waals surface area contributed by atoms with Gasteiger partial charge in [-0.05, 0) is 6.07 Å². The molecule has 2 rings (SSSR count). The first-order valence-corrected chi connectivity index (χ1v) is 4.07. The van der Waals surface area contributed by atoms with E-state index in [4.69, 9.17) is 6.42 Å². The van der Waals surface area contributed by atoms with Crippen molar-refractivity contribution in [3.05, 3.63) is 40.1 Å². The largest absolute Gasteiger partial charge is 0.372 e. The number of hydrogen-bond acceptors (Lipinski definition) is 2. The van der Waals surface area contributed by atoms with E-state index in [-0.39, 0.29) is 16.7 Å². The summed E-state index contributed by atoms with van der Waals surface area (Å²) in [5, 5.41) is 9.55. The molecule has 0 radical (unpaired) electrons. The summed E-state index contributed by atoms with van der Waals surface area (Å²) >= 11 is 0. The molecule has 0 fully saturated rings. The minimum absolute atomic E-state index is 0.182. The van der Waals surface area contributed by atoms with Gasteiger partial charge < -0.3 is 4.98 Å². The first-order chi connectivity index (χ1) is 7.13. The quantitative estimate of drug-likeness (QED) is 0.366. The van der Waals surface area contributed by atoms with Crippen LogP contribution in [0.1, 0.15) is 5.69 Å². The van der Waals surface area contributed by atoms with E-state index in [9.17, 15) is 14.4 Å². The van der Waals surface area contributed by atoms with Gasteiger partial charge in [-0.1, -0.05) is 0 Å². The first-order valence-electron chi connectivity index (χ1n) is 4.07. The van der Waals surface area contributed by atoms with Crippen molar-refractivity contribution < 1.29 is 14.3 Å². The molecular weight excluding hydrogens is 199 g/mol. The van der Waals surface area contributed by atoms with Crippen LogP contribution in [0.4, 0.5) is 4.39 Å². The molecule has 2 aromatic rings. The molecule has 1 aromatic heterocycles.